The van der Waals surface area contributed by atoms with Gasteiger partial charge in [0.05, 0.1) is 0 Å². The van der Waals surface area contributed by atoms with Crippen molar-refractivity contribution in [1.29, 1.82) is 0 Å². The fourth-order valence-electron chi connectivity index (χ4n) is 2.34. The van der Waals surface area contributed by atoms with Gasteiger partial charge in [0.2, 0.25) is 5.91 Å². The average molecular weight is 296 g/mol. The highest BCUT2D eigenvalue weighted by atomic mass is 16.2. The van der Waals surface area contributed by atoms with Crippen LogP contribution in [0.2, 0.25) is 0 Å². The summed E-state index contributed by atoms with van der Waals surface area (Å²) in [7, 11) is 0. The Labute approximate surface area is 132 Å². The van der Waals surface area contributed by atoms with Gasteiger partial charge in [-0.1, -0.05) is 44.2 Å². The normalized spacial score (nSPS) is 11.8. The van der Waals surface area contributed by atoms with Crippen LogP contribution in [-0.2, 0) is 17.6 Å². The van der Waals surface area contributed by atoms with Crippen molar-refractivity contribution in [2.24, 2.45) is 0 Å². The van der Waals surface area contributed by atoms with E-state index in [9.17, 15) is 4.79 Å². The van der Waals surface area contributed by atoms with Gasteiger partial charge in [0, 0.05) is 11.4 Å². The van der Waals surface area contributed by atoms with E-state index in [4.69, 9.17) is 0 Å². The van der Waals surface area contributed by atoms with Crippen LogP contribution in [0.25, 0.3) is 0 Å². The molecule has 0 fully saturated rings. The molecule has 0 heterocycles. The number of carbonyl (C=O) groups excluding carboxylic acids is 1. The Morgan fingerprint density at radius 3 is 2.32 bits per heavy atom. The fraction of sp³-hybridized carbons (Fsp3) is 0.316. The second-order valence-corrected chi connectivity index (χ2v) is 5.42. The highest BCUT2D eigenvalue weighted by molar-refractivity contribution is 5.96. The Kier molecular flexibility index (Phi) is 5.59. The molecule has 0 spiro atoms. The van der Waals surface area contributed by atoms with E-state index in [2.05, 4.69) is 30.5 Å². The molecule has 2 aromatic rings. The minimum absolute atomic E-state index is 0.0323. The number of carbonyl (C=O) groups is 1. The van der Waals surface area contributed by atoms with Crippen LogP contribution >= 0.6 is 0 Å². The van der Waals surface area contributed by atoms with Crippen LogP contribution in [0.3, 0.4) is 0 Å². The minimum Gasteiger partial charge on any atom is -0.374 e. The molecule has 2 N–H and O–H groups in total. The lowest BCUT2D eigenvalue weighted by atomic mass is 10.1. The zero-order chi connectivity index (χ0) is 15.9. The molecule has 0 bridgehead atoms. The van der Waals surface area contributed by atoms with Crippen LogP contribution in [0.4, 0.5) is 11.4 Å². The molecule has 3 heteroatoms. The number of para-hydroxylation sites is 1. The number of hydrogen-bond acceptors (Lipinski definition) is 2. The minimum atomic E-state index is -0.293. The molecule has 22 heavy (non-hydrogen) atoms. The number of nitrogens with one attached hydrogen (secondary N) is 2. The summed E-state index contributed by atoms with van der Waals surface area (Å²) in [5, 5.41) is 6.24. The van der Waals surface area contributed by atoms with Gasteiger partial charge in [0.1, 0.15) is 6.04 Å². The van der Waals surface area contributed by atoms with Gasteiger partial charge in [0.25, 0.3) is 0 Å². The van der Waals surface area contributed by atoms with Crippen LogP contribution in [-0.4, -0.2) is 11.9 Å². The van der Waals surface area contributed by atoms with Gasteiger partial charge in [-0.3, -0.25) is 4.79 Å². The van der Waals surface area contributed by atoms with E-state index in [1.807, 2.05) is 49.4 Å². The summed E-state index contributed by atoms with van der Waals surface area (Å²) in [5.74, 6) is -0.0323. The number of amides is 1. The van der Waals surface area contributed by atoms with Crippen molar-refractivity contribution in [3.8, 4) is 0 Å². The first-order chi connectivity index (χ1) is 10.6. The summed E-state index contributed by atoms with van der Waals surface area (Å²) in [5.41, 5.74) is 4.34. The van der Waals surface area contributed by atoms with Crippen LogP contribution in [0.15, 0.2) is 48.5 Å². The van der Waals surface area contributed by atoms with Gasteiger partial charge < -0.3 is 10.6 Å². The van der Waals surface area contributed by atoms with Crippen LogP contribution in [0, 0.1) is 0 Å². The van der Waals surface area contributed by atoms with Crippen LogP contribution < -0.4 is 10.6 Å². The molecule has 2 aromatic carbocycles. The summed E-state index contributed by atoms with van der Waals surface area (Å²) in [4.78, 5) is 12.3. The van der Waals surface area contributed by atoms with E-state index >= 15 is 0 Å². The van der Waals surface area contributed by atoms with Crippen molar-refractivity contribution in [2.75, 3.05) is 10.6 Å². The van der Waals surface area contributed by atoms with Crippen molar-refractivity contribution in [1.82, 2.24) is 0 Å². The monoisotopic (exact) mass is 296 g/mol. The Balaban J connectivity index is 1.99. The zero-order valence-corrected chi connectivity index (χ0v) is 13.5. The Bertz CT molecular complexity index is 620. The molecular weight excluding hydrogens is 272 g/mol. The lowest BCUT2D eigenvalue weighted by molar-refractivity contribution is -0.116. The molecule has 0 aliphatic heterocycles. The third kappa shape index (κ3) is 4.10. The number of rotatable bonds is 6. The van der Waals surface area contributed by atoms with Gasteiger partial charge in [-0.2, -0.15) is 0 Å². The topological polar surface area (TPSA) is 41.1 Å². The van der Waals surface area contributed by atoms with E-state index in [1.165, 1.54) is 11.1 Å². The highest BCUT2D eigenvalue weighted by Gasteiger charge is 2.13. The number of anilines is 2. The van der Waals surface area contributed by atoms with Crippen LogP contribution in [0.5, 0.6) is 0 Å². The molecule has 1 amide bonds. The third-order valence-electron chi connectivity index (χ3n) is 3.79. The standard InChI is InChI=1S/C19H24N2O/c1-4-15-10-12-17(13-11-15)21-19(22)14(3)20-18-9-7-6-8-16(18)5-2/h6-14,20H,4-5H2,1-3H3,(H,21,22). The Morgan fingerprint density at radius 1 is 1.00 bits per heavy atom. The summed E-state index contributed by atoms with van der Waals surface area (Å²) >= 11 is 0. The van der Waals surface area contributed by atoms with Crippen molar-refractivity contribution in [2.45, 2.75) is 39.7 Å². The molecular formula is C19H24N2O. The predicted molar refractivity (Wildman–Crippen MR) is 93.4 cm³/mol. The quantitative estimate of drug-likeness (QED) is 0.836. The van der Waals surface area contributed by atoms with E-state index < -0.39 is 0 Å². The van der Waals surface area contributed by atoms with Gasteiger partial charge in [-0.25, -0.2) is 0 Å². The van der Waals surface area contributed by atoms with Gasteiger partial charge >= 0.3 is 0 Å². The molecule has 0 saturated carbocycles. The molecule has 3 nitrogen and oxygen atoms in total. The summed E-state index contributed by atoms with van der Waals surface area (Å²) in [6.07, 6.45) is 1.94. The molecule has 0 aliphatic rings. The molecule has 0 aromatic heterocycles. The summed E-state index contributed by atoms with van der Waals surface area (Å²) in [6, 6.07) is 15.8. The van der Waals surface area contributed by atoms with E-state index in [1.54, 1.807) is 0 Å². The first kappa shape index (κ1) is 16.1. The number of hydrogen-bond donors (Lipinski definition) is 2. The highest BCUT2D eigenvalue weighted by Crippen LogP contribution is 2.17. The van der Waals surface area contributed by atoms with Gasteiger partial charge in [-0.05, 0) is 49.1 Å². The van der Waals surface area contributed by atoms with Gasteiger partial charge in [-0.15, -0.1) is 0 Å². The molecule has 2 rings (SSSR count). The lowest BCUT2D eigenvalue weighted by Gasteiger charge is -2.17. The first-order valence-electron chi connectivity index (χ1n) is 7.88. The molecule has 1 unspecified atom stereocenters. The van der Waals surface area contributed by atoms with Crippen molar-refractivity contribution in [3.05, 3.63) is 59.7 Å². The predicted octanol–water partition coefficient (Wildman–Crippen LogP) is 4.25. The van der Waals surface area contributed by atoms with Gasteiger partial charge in [0.15, 0.2) is 0 Å². The molecule has 0 aliphatic carbocycles. The SMILES string of the molecule is CCc1ccc(NC(=O)C(C)Nc2ccccc2CC)cc1. The maximum atomic E-state index is 12.3. The first-order valence-corrected chi connectivity index (χ1v) is 7.88. The average Bonchev–Trinajstić information content (AvgIpc) is 2.56. The van der Waals surface area contributed by atoms with E-state index in [0.717, 1.165) is 24.2 Å². The Morgan fingerprint density at radius 2 is 1.68 bits per heavy atom. The molecule has 0 saturated heterocycles. The number of benzene rings is 2. The van der Waals surface area contributed by atoms with Crippen molar-refractivity contribution >= 4 is 17.3 Å². The lowest BCUT2D eigenvalue weighted by Crippen LogP contribution is -2.32. The zero-order valence-electron chi connectivity index (χ0n) is 13.5. The number of aryl methyl sites for hydroxylation is 2. The maximum Gasteiger partial charge on any atom is 0.246 e. The smallest absolute Gasteiger partial charge is 0.246 e. The maximum absolute atomic E-state index is 12.3. The largest absolute Gasteiger partial charge is 0.374 e. The second-order valence-electron chi connectivity index (χ2n) is 5.42. The van der Waals surface area contributed by atoms with Crippen LogP contribution in [0.1, 0.15) is 31.9 Å². The second kappa shape index (κ2) is 7.64. The fourth-order valence-corrected chi connectivity index (χ4v) is 2.34. The summed E-state index contributed by atoms with van der Waals surface area (Å²) in [6.45, 7) is 6.10. The third-order valence-corrected chi connectivity index (χ3v) is 3.79. The Hall–Kier alpha value is -2.29. The molecule has 116 valence electrons. The molecule has 0 radical (unpaired) electrons. The summed E-state index contributed by atoms with van der Waals surface area (Å²) < 4.78 is 0. The van der Waals surface area contributed by atoms with E-state index in [-0.39, 0.29) is 11.9 Å². The van der Waals surface area contributed by atoms with Crippen molar-refractivity contribution < 1.29 is 4.79 Å². The van der Waals surface area contributed by atoms with E-state index in [0.29, 0.717) is 0 Å². The van der Waals surface area contributed by atoms with Crippen molar-refractivity contribution in [3.63, 3.8) is 0 Å². The molecule has 1 atom stereocenters.